The molecule has 5 nitrogen and oxygen atoms in total. The quantitative estimate of drug-likeness (QED) is 0.769. The number of nitriles is 1. The summed E-state index contributed by atoms with van der Waals surface area (Å²) >= 11 is 12.2. The summed E-state index contributed by atoms with van der Waals surface area (Å²) in [4.78, 5) is 4.62. The van der Waals surface area contributed by atoms with Crippen LogP contribution in [0.25, 0.3) is 0 Å². The number of hydrogen-bond acceptors (Lipinski definition) is 5. The predicted molar refractivity (Wildman–Crippen MR) is 99.9 cm³/mol. The fourth-order valence-corrected chi connectivity index (χ4v) is 3.28. The Labute approximate surface area is 157 Å². The zero-order valence-corrected chi connectivity index (χ0v) is 15.3. The van der Waals surface area contributed by atoms with E-state index in [0.717, 1.165) is 37.6 Å². The summed E-state index contributed by atoms with van der Waals surface area (Å²) in [5.41, 5.74) is 1.37. The van der Waals surface area contributed by atoms with E-state index in [1.54, 1.807) is 6.07 Å². The average molecular weight is 376 g/mol. The molecule has 25 heavy (non-hydrogen) atoms. The van der Waals surface area contributed by atoms with Crippen molar-refractivity contribution in [3.8, 4) is 6.07 Å². The van der Waals surface area contributed by atoms with E-state index >= 15 is 0 Å². The van der Waals surface area contributed by atoms with Crippen molar-refractivity contribution in [1.29, 1.82) is 5.26 Å². The molecule has 7 heteroatoms. The molecular formula is C18H19Cl2N5. The summed E-state index contributed by atoms with van der Waals surface area (Å²) in [7, 11) is 0. The van der Waals surface area contributed by atoms with E-state index in [4.69, 9.17) is 28.5 Å². The fourth-order valence-electron chi connectivity index (χ4n) is 2.95. The van der Waals surface area contributed by atoms with E-state index in [2.05, 4.69) is 20.0 Å². The van der Waals surface area contributed by atoms with Crippen LogP contribution in [0, 0.1) is 11.3 Å². The molecule has 1 aliphatic heterocycles. The third-order valence-electron chi connectivity index (χ3n) is 4.33. The Balaban J connectivity index is 1.76. The van der Waals surface area contributed by atoms with Gasteiger partial charge in [-0.15, -0.1) is 10.2 Å². The van der Waals surface area contributed by atoms with Crippen molar-refractivity contribution in [3.05, 3.63) is 51.6 Å². The first-order chi connectivity index (χ1) is 12.2. The number of rotatable bonds is 6. The topological polar surface area (TPSA) is 56.1 Å². The van der Waals surface area contributed by atoms with Gasteiger partial charge in [0.05, 0.1) is 10.0 Å². The highest BCUT2D eigenvalue weighted by atomic mass is 35.5. The van der Waals surface area contributed by atoms with E-state index in [-0.39, 0.29) is 0 Å². The molecule has 0 unspecified atom stereocenters. The van der Waals surface area contributed by atoms with Crippen LogP contribution in [0.1, 0.15) is 24.1 Å². The van der Waals surface area contributed by atoms with Gasteiger partial charge in [0.2, 0.25) is 0 Å². The molecule has 1 saturated heterocycles. The zero-order valence-electron chi connectivity index (χ0n) is 13.8. The molecule has 0 bridgehead atoms. The van der Waals surface area contributed by atoms with Crippen molar-refractivity contribution in [3.63, 3.8) is 0 Å². The van der Waals surface area contributed by atoms with Gasteiger partial charge in [-0.2, -0.15) is 5.26 Å². The maximum absolute atomic E-state index is 8.91. The van der Waals surface area contributed by atoms with E-state index in [1.165, 1.54) is 12.8 Å². The Morgan fingerprint density at radius 2 is 1.88 bits per heavy atom. The second kappa shape index (κ2) is 8.48. The summed E-state index contributed by atoms with van der Waals surface area (Å²) in [5.74, 6) is 0.754. The van der Waals surface area contributed by atoms with E-state index in [1.807, 2.05) is 30.3 Å². The van der Waals surface area contributed by atoms with E-state index in [9.17, 15) is 0 Å². The summed E-state index contributed by atoms with van der Waals surface area (Å²) in [6.07, 6.45) is 2.53. The third-order valence-corrected chi connectivity index (χ3v) is 5.07. The number of aromatic nitrogens is 2. The molecule has 0 saturated carbocycles. The molecule has 0 radical (unpaired) electrons. The van der Waals surface area contributed by atoms with Crippen LogP contribution in [0.5, 0.6) is 0 Å². The molecule has 1 aliphatic rings. The summed E-state index contributed by atoms with van der Waals surface area (Å²) in [6.45, 7) is 4.77. The van der Waals surface area contributed by atoms with Crippen LogP contribution in [0.15, 0.2) is 30.3 Å². The Bertz CT molecular complexity index is 751. The van der Waals surface area contributed by atoms with E-state index in [0.29, 0.717) is 22.3 Å². The largest absolute Gasteiger partial charge is 0.350 e. The van der Waals surface area contributed by atoms with Crippen LogP contribution in [-0.4, -0.2) is 41.3 Å². The number of benzene rings is 1. The predicted octanol–water partition coefficient (Wildman–Crippen LogP) is 3.76. The normalized spacial score (nSPS) is 14.4. The second-order valence-electron chi connectivity index (χ2n) is 6.11. The van der Waals surface area contributed by atoms with Gasteiger partial charge in [-0.25, -0.2) is 0 Å². The zero-order chi connectivity index (χ0) is 17.6. The highest BCUT2D eigenvalue weighted by Crippen LogP contribution is 2.24. The van der Waals surface area contributed by atoms with Crippen LogP contribution in [0.2, 0.25) is 10.0 Å². The Hall–Kier alpha value is -1.87. The van der Waals surface area contributed by atoms with Crippen LogP contribution in [-0.2, 0) is 6.54 Å². The standard InChI is InChI=1S/C18H19Cl2N5/c19-16-5-3-14(11-17(16)20)13-25(10-9-24-7-1-2-8-24)18-6-4-15(12-21)22-23-18/h3-6,11H,1-2,7-10,13H2. The molecule has 0 spiro atoms. The third kappa shape index (κ3) is 4.82. The molecular weight excluding hydrogens is 357 g/mol. The van der Waals surface area contributed by atoms with Crippen molar-refractivity contribution < 1.29 is 0 Å². The molecule has 1 aromatic carbocycles. The molecule has 0 atom stereocenters. The smallest absolute Gasteiger partial charge is 0.163 e. The fraction of sp³-hybridized carbons (Fsp3) is 0.389. The number of anilines is 1. The van der Waals surface area contributed by atoms with Gasteiger partial charge in [-0.05, 0) is 55.8 Å². The van der Waals surface area contributed by atoms with Crippen molar-refractivity contribution >= 4 is 29.0 Å². The molecule has 2 aromatic rings. The van der Waals surface area contributed by atoms with Gasteiger partial charge in [-0.1, -0.05) is 29.3 Å². The van der Waals surface area contributed by atoms with Gasteiger partial charge in [0.15, 0.2) is 11.5 Å². The number of likely N-dealkylation sites (tertiary alicyclic amines) is 1. The minimum atomic E-state index is 0.317. The molecule has 130 valence electrons. The minimum Gasteiger partial charge on any atom is -0.350 e. The number of hydrogen-bond donors (Lipinski definition) is 0. The maximum atomic E-state index is 8.91. The lowest BCUT2D eigenvalue weighted by Gasteiger charge is -2.26. The molecule has 3 rings (SSSR count). The lowest BCUT2D eigenvalue weighted by molar-refractivity contribution is 0.344. The Morgan fingerprint density at radius 1 is 1.08 bits per heavy atom. The van der Waals surface area contributed by atoms with Crippen molar-refractivity contribution in [2.75, 3.05) is 31.1 Å². The van der Waals surface area contributed by atoms with Gasteiger partial charge >= 0.3 is 0 Å². The number of halogens is 2. The highest BCUT2D eigenvalue weighted by molar-refractivity contribution is 6.42. The molecule has 0 N–H and O–H groups in total. The van der Waals surface area contributed by atoms with E-state index < -0.39 is 0 Å². The first-order valence-corrected chi connectivity index (χ1v) is 9.06. The first-order valence-electron chi connectivity index (χ1n) is 8.31. The highest BCUT2D eigenvalue weighted by Gasteiger charge is 2.15. The van der Waals surface area contributed by atoms with Crippen LogP contribution in [0.3, 0.4) is 0 Å². The molecule has 0 aliphatic carbocycles. The Kier molecular flexibility index (Phi) is 6.09. The van der Waals surface area contributed by atoms with Gasteiger partial charge in [0.1, 0.15) is 6.07 Å². The van der Waals surface area contributed by atoms with Crippen molar-refractivity contribution in [2.24, 2.45) is 0 Å². The molecule has 1 aromatic heterocycles. The Morgan fingerprint density at radius 3 is 2.52 bits per heavy atom. The van der Waals surface area contributed by atoms with Gasteiger partial charge in [0.25, 0.3) is 0 Å². The SMILES string of the molecule is N#Cc1ccc(N(CCN2CCCC2)Cc2ccc(Cl)c(Cl)c2)nn1. The van der Waals surface area contributed by atoms with Gasteiger partial charge in [-0.3, -0.25) is 0 Å². The lowest BCUT2D eigenvalue weighted by Crippen LogP contribution is -2.34. The van der Waals surface area contributed by atoms with Gasteiger partial charge < -0.3 is 9.80 Å². The van der Waals surface area contributed by atoms with Crippen molar-refractivity contribution in [2.45, 2.75) is 19.4 Å². The number of nitrogens with zero attached hydrogens (tertiary/aromatic N) is 5. The lowest BCUT2D eigenvalue weighted by atomic mass is 10.2. The summed E-state index contributed by atoms with van der Waals surface area (Å²) in [5, 5.41) is 18.2. The first kappa shape index (κ1) is 17.9. The van der Waals surface area contributed by atoms with Crippen LogP contribution >= 0.6 is 23.2 Å². The molecule has 2 heterocycles. The second-order valence-corrected chi connectivity index (χ2v) is 6.92. The van der Waals surface area contributed by atoms with Crippen molar-refractivity contribution in [1.82, 2.24) is 15.1 Å². The monoisotopic (exact) mass is 375 g/mol. The minimum absolute atomic E-state index is 0.317. The molecule has 1 fully saturated rings. The summed E-state index contributed by atoms with van der Waals surface area (Å²) < 4.78 is 0. The average Bonchev–Trinajstić information content (AvgIpc) is 3.15. The molecule has 0 amide bonds. The van der Waals surface area contributed by atoms with Crippen LogP contribution < -0.4 is 4.90 Å². The maximum Gasteiger partial charge on any atom is 0.163 e. The summed E-state index contributed by atoms with van der Waals surface area (Å²) in [6, 6.07) is 11.2. The van der Waals surface area contributed by atoms with Crippen LogP contribution in [0.4, 0.5) is 5.82 Å². The van der Waals surface area contributed by atoms with Gasteiger partial charge in [0, 0.05) is 19.6 Å².